The maximum atomic E-state index is 5.58. The molecule has 0 aliphatic carbocycles. The first-order valence-corrected chi connectivity index (χ1v) is 6.38. The lowest BCUT2D eigenvalue weighted by molar-refractivity contribution is 0.295. The van der Waals surface area contributed by atoms with Gasteiger partial charge >= 0.3 is 0 Å². The van der Waals surface area contributed by atoms with Crippen LogP contribution in [0.2, 0.25) is 0 Å². The van der Waals surface area contributed by atoms with Crippen molar-refractivity contribution in [3.8, 4) is 0 Å². The number of likely N-dealkylation sites (tertiary alicyclic amines) is 1. The Hall–Kier alpha value is -0.800. The van der Waals surface area contributed by atoms with E-state index < -0.39 is 0 Å². The zero-order chi connectivity index (χ0) is 11.2. The van der Waals surface area contributed by atoms with Crippen LogP contribution < -0.4 is 5.32 Å². The van der Waals surface area contributed by atoms with E-state index in [1.807, 2.05) is 6.26 Å². The molecular weight excluding hydrogens is 200 g/mol. The van der Waals surface area contributed by atoms with E-state index in [4.69, 9.17) is 4.42 Å². The highest BCUT2D eigenvalue weighted by Crippen LogP contribution is 2.16. The van der Waals surface area contributed by atoms with E-state index in [0.29, 0.717) is 0 Å². The van der Waals surface area contributed by atoms with Gasteiger partial charge in [-0.3, -0.25) is 4.90 Å². The van der Waals surface area contributed by atoms with Gasteiger partial charge in [0.15, 0.2) is 0 Å². The highest BCUT2D eigenvalue weighted by Gasteiger charge is 2.15. The summed E-state index contributed by atoms with van der Waals surface area (Å²) in [6.45, 7) is 7.64. The van der Waals surface area contributed by atoms with Crippen LogP contribution in [0.25, 0.3) is 0 Å². The zero-order valence-corrected chi connectivity index (χ0v) is 10.2. The molecule has 90 valence electrons. The number of nitrogens with zero attached hydrogens (tertiary/aromatic N) is 1. The van der Waals surface area contributed by atoms with Crippen molar-refractivity contribution in [3.63, 3.8) is 0 Å². The minimum absolute atomic E-state index is 0.938. The van der Waals surface area contributed by atoms with Gasteiger partial charge in [-0.1, -0.05) is 6.92 Å². The fourth-order valence-electron chi connectivity index (χ4n) is 2.21. The van der Waals surface area contributed by atoms with Gasteiger partial charge in [-0.15, -0.1) is 0 Å². The molecule has 0 saturated carbocycles. The third kappa shape index (κ3) is 3.09. The average molecular weight is 222 g/mol. The Morgan fingerprint density at radius 3 is 2.94 bits per heavy atom. The van der Waals surface area contributed by atoms with E-state index in [2.05, 4.69) is 23.2 Å². The third-order valence-electron chi connectivity index (χ3n) is 3.15. The largest absolute Gasteiger partial charge is 0.468 e. The van der Waals surface area contributed by atoms with Crippen molar-refractivity contribution in [1.29, 1.82) is 0 Å². The number of nitrogens with one attached hydrogen (secondary N) is 1. The molecule has 1 saturated heterocycles. The average Bonchev–Trinajstić information content (AvgIpc) is 2.92. The van der Waals surface area contributed by atoms with Crippen molar-refractivity contribution in [2.45, 2.75) is 39.3 Å². The third-order valence-corrected chi connectivity index (χ3v) is 3.15. The van der Waals surface area contributed by atoms with Crippen LogP contribution in [0.15, 0.2) is 16.7 Å². The van der Waals surface area contributed by atoms with Gasteiger partial charge in [0.25, 0.3) is 0 Å². The Bertz CT molecular complexity index is 303. The molecule has 3 heteroatoms. The Balaban J connectivity index is 1.85. The van der Waals surface area contributed by atoms with Gasteiger partial charge in [-0.05, 0) is 45.0 Å². The van der Waals surface area contributed by atoms with Crippen molar-refractivity contribution in [1.82, 2.24) is 10.2 Å². The van der Waals surface area contributed by atoms with Crippen LogP contribution in [0.1, 0.15) is 37.5 Å². The number of hydrogen-bond donors (Lipinski definition) is 1. The minimum atomic E-state index is 0.938. The Morgan fingerprint density at radius 2 is 2.19 bits per heavy atom. The van der Waals surface area contributed by atoms with E-state index in [-0.39, 0.29) is 0 Å². The summed E-state index contributed by atoms with van der Waals surface area (Å²) in [5.41, 5.74) is 1.32. The molecule has 1 fully saturated rings. The first kappa shape index (κ1) is 11.7. The molecular formula is C13H22N2O. The van der Waals surface area contributed by atoms with Gasteiger partial charge in [0, 0.05) is 12.1 Å². The summed E-state index contributed by atoms with van der Waals surface area (Å²) in [4.78, 5) is 2.47. The lowest BCUT2D eigenvalue weighted by Crippen LogP contribution is -2.20. The predicted octanol–water partition coefficient (Wildman–Crippen LogP) is 2.38. The number of furan rings is 1. The highest BCUT2D eigenvalue weighted by atomic mass is 16.3. The van der Waals surface area contributed by atoms with Crippen LogP contribution in [0.3, 0.4) is 0 Å². The summed E-state index contributed by atoms with van der Waals surface area (Å²) in [6, 6.07) is 2.09. The lowest BCUT2D eigenvalue weighted by atomic mass is 10.2. The molecule has 16 heavy (non-hydrogen) atoms. The van der Waals surface area contributed by atoms with Gasteiger partial charge in [-0.25, -0.2) is 0 Å². The molecule has 0 spiro atoms. The van der Waals surface area contributed by atoms with E-state index in [9.17, 15) is 0 Å². The summed E-state index contributed by atoms with van der Waals surface area (Å²) in [7, 11) is 0. The molecule has 0 radical (unpaired) electrons. The maximum absolute atomic E-state index is 5.58. The first-order chi connectivity index (χ1) is 7.90. The minimum Gasteiger partial charge on any atom is -0.468 e. The second-order valence-corrected chi connectivity index (χ2v) is 4.53. The predicted molar refractivity (Wildman–Crippen MR) is 65.2 cm³/mol. The van der Waals surface area contributed by atoms with Crippen molar-refractivity contribution < 1.29 is 4.42 Å². The molecule has 2 heterocycles. The van der Waals surface area contributed by atoms with E-state index in [1.54, 1.807) is 0 Å². The van der Waals surface area contributed by atoms with Crippen LogP contribution in [0.5, 0.6) is 0 Å². The Labute approximate surface area is 97.8 Å². The molecule has 3 nitrogen and oxygen atoms in total. The fraction of sp³-hybridized carbons (Fsp3) is 0.692. The van der Waals surface area contributed by atoms with Gasteiger partial charge in [0.05, 0.1) is 12.8 Å². The molecule has 0 aromatic carbocycles. The molecule has 0 atom stereocenters. The van der Waals surface area contributed by atoms with E-state index in [1.165, 1.54) is 37.9 Å². The van der Waals surface area contributed by atoms with Crippen molar-refractivity contribution in [2.24, 2.45) is 0 Å². The second kappa shape index (κ2) is 6.06. The molecule has 1 aliphatic heterocycles. The van der Waals surface area contributed by atoms with Crippen molar-refractivity contribution in [2.75, 3.05) is 19.6 Å². The quantitative estimate of drug-likeness (QED) is 0.749. The van der Waals surface area contributed by atoms with E-state index >= 15 is 0 Å². The molecule has 1 aromatic rings. The van der Waals surface area contributed by atoms with Crippen molar-refractivity contribution in [3.05, 3.63) is 23.7 Å². The summed E-state index contributed by atoms with van der Waals surface area (Å²) in [5.74, 6) is 1.14. The Morgan fingerprint density at radius 1 is 1.38 bits per heavy atom. The smallest absolute Gasteiger partial charge is 0.122 e. The lowest BCUT2D eigenvalue weighted by Gasteiger charge is -2.13. The van der Waals surface area contributed by atoms with Crippen LogP contribution in [-0.2, 0) is 13.1 Å². The molecule has 2 rings (SSSR count). The van der Waals surface area contributed by atoms with Gasteiger partial charge in [0.2, 0.25) is 0 Å². The molecule has 0 unspecified atom stereocenters. The number of rotatable bonds is 6. The zero-order valence-electron chi connectivity index (χ0n) is 10.2. The highest BCUT2D eigenvalue weighted by molar-refractivity contribution is 5.16. The van der Waals surface area contributed by atoms with Crippen molar-refractivity contribution >= 4 is 0 Å². The second-order valence-electron chi connectivity index (χ2n) is 4.53. The molecule has 0 amide bonds. The monoisotopic (exact) mass is 222 g/mol. The topological polar surface area (TPSA) is 28.4 Å². The summed E-state index contributed by atoms with van der Waals surface area (Å²) in [5, 5.41) is 3.42. The fourth-order valence-corrected chi connectivity index (χ4v) is 2.21. The van der Waals surface area contributed by atoms with Gasteiger partial charge in [0.1, 0.15) is 5.76 Å². The molecule has 1 aliphatic rings. The normalized spacial score (nSPS) is 17.1. The van der Waals surface area contributed by atoms with Gasteiger partial charge in [-0.2, -0.15) is 0 Å². The summed E-state index contributed by atoms with van der Waals surface area (Å²) < 4.78 is 5.58. The van der Waals surface area contributed by atoms with Crippen LogP contribution in [-0.4, -0.2) is 24.5 Å². The van der Waals surface area contributed by atoms with Crippen LogP contribution in [0, 0.1) is 0 Å². The summed E-state index contributed by atoms with van der Waals surface area (Å²) in [6.07, 6.45) is 5.67. The van der Waals surface area contributed by atoms with Crippen LogP contribution >= 0.6 is 0 Å². The first-order valence-electron chi connectivity index (χ1n) is 6.38. The Kier molecular flexibility index (Phi) is 4.43. The molecule has 1 N–H and O–H groups in total. The van der Waals surface area contributed by atoms with E-state index in [0.717, 1.165) is 25.4 Å². The molecule has 0 bridgehead atoms. The maximum Gasteiger partial charge on any atom is 0.122 e. The standard InChI is InChI=1S/C13H22N2O/c1-2-6-14-10-12-5-9-16-13(12)11-15-7-3-4-8-15/h5,9,14H,2-4,6-8,10-11H2,1H3. The number of hydrogen-bond acceptors (Lipinski definition) is 3. The summed E-state index contributed by atoms with van der Waals surface area (Å²) >= 11 is 0. The SMILES string of the molecule is CCCNCc1ccoc1CN1CCCC1. The molecule has 1 aromatic heterocycles. The van der Waals surface area contributed by atoms with Crippen LogP contribution in [0.4, 0.5) is 0 Å². The van der Waals surface area contributed by atoms with Gasteiger partial charge < -0.3 is 9.73 Å².